The number of halogens is 2. The predicted octanol–water partition coefficient (Wildman–Crippen LogP) is 2.00. The summed E-state index contributed by atoms with van der Waals surface area (Å²) < 4.78 is 63.8. The molecule has 1 aliphatic heterocycles. The Bertz CT molecular complexity index is 856. The van der Waals surface area contributed by atoms with Crippen LogP contribution in [0.5, 0.6) is 0 Å². The van der Waals surface area contributed by atoms with Crippen LogP contribution in [0, 0.1) is 18.6 Å². The molecule has 2 atom stereocenters. The molecule has 1 fully saturated rings. The lowest BCUT2D eigenvalue weighted by atomic mass is 10.2. The van der Waals surface area contributed by atoms with E-state index in [2.05, 4.69) is 14.9 Å². The monoisotopic (exact) mass is 373 g/mol. The van der Waals surface area contributed by atoms with Gasteiger partial charge in [0.15, 0.2) is 5.82 Å². The first-order valence-electron chi connectivity index (χ1n) is 7.69. The van der Waals surface area contributed by atoms with Crippen LogP contribution in [0.4, 0.5) is 8.78 Å². The van der Waals surface area contributed by atoms with Gasteiger partial charge in [0, 0.05) is 18.2 Å². The Balaban J connectivity index is 1.54. The molecule has 136 valence electrons. The summed E-state index contributed by atoms with van der Waals surface area (Å²) in [4.78, 5) is 4.09. The molecule has 2 heterocycles. The van der Waals surface area contributed by atoms with Crippen LogP contribution in [0.1, 0.15) is 36.2 Å². The molecule has 1 aromatic heterocycles. The number of hydrogen-bond donors (Lipinski definition) is 1. The number of aryl methyl sites for hydroxylation is 1. The van der Waals surface area contributed by atoms with Gasteiger partial charge in [0.2, 0.25) is 10.0 Å². The minimum absolute atomic E-state index is 0.0504. The Morgan fingerprint density at radius 1 is 1.32 bits per heavy atom. The van der Waals surface area contributed by atoms with Crippen molar-refractivity contribution in [1.82, 2.24) is 14.9 Å². The molecule has 2 aromatic rings. The van der Waals surface area contributed by atoms with Crippen molar-refractivity contribution in [2.24, 2.45) is 0 Å². The van der Waals surface area contributed by atoms with Gasteiger partial charge in [0.05, 0.1) is 11.9 Å². The highest BCUT2D eigenvalue weighted by molar-refractivity contribution is 7.88. The SMILES string of the molecule is Cc1noc([C@@H]2CC[C@H](CNS(=O)(=O)Cc3ccc(F)cc3F)O2)n1. The van der Waals surface area contributed by atoms with E-state index in [4.69, 9.17) is 9.26 Å². The summed E-state index contributed by atoms with van der Waals surface area (Å²) in [6.45, 7) is 1.75. The third-order valence-electron chi connectivity index (χ3n) is 3.82. The fourth-order valence-electron chi connectivity index (χ4n) is 2.60. The van der Waals surface area contributed by atoms with Gasteiger partial charge in [-0.25, -0.2) is 21.9 Å². The van der Waals surface area contributed by atoms with Crippen LogP contribution in [0.25, 0.3) is 0 Å². The van der Waals surface area contributed by atoms with Gasteiger partial charge < -0.3 is 9.26 Å². The highest BCUT2D eigenvalue weighted by atomic mass is 32.2. The fourth-order valence-corrected chi connectivity index (χ4v) is 3.78. The second-order valence-corrected chi connectivity index (χ2v) is 7.65. The largest absolute Gasteiger partial charge is 0.364 e. The summed E-state index contributed by atoms with van der Waals surface area (Å²) in [5.41, 5.74) is -0.0968. The number of hydrogen-bond acceptors (Lipinski definition) is 6. The Labute approximate surface area is 143 Å². The summed E-state index contributed by atoms with van der Waals surface area (Å²) in [5.74, 6) is -1.35. The molecule has 0 bridgehead atoms. The summed E-state index contributed by atoms with van der Waals surface area (Å²) in [6, 6.07) is 2.79. The Morgan fingerprint density at radius 3 is 2.80 bits per heavy atom. The lowest BCUT2D eigenvalue weighted by Crippen LogP contribution is -2.33. The molecular weight excluding hydrogens is 356 g/mol. The smallest absolute Gasteiger partial charge is 0.255 e. The van der Waals surface area contributed by atoms with Crippen molar-refractivity contribution in [3.63, 3.8) is 0 Å². The molecule has 0 amide bonds. The molecular formula is C15H17F2N3O4S. The Kier molecular flexibility index (Phi) is 5.11. The third-order valence-corrected chi connectivity index (χ3v) is 5.12. The molecule has 0 aliphatic carbocycles. The van der Waals surface area contributed by atoms with Crippen LogP contribution in [-0.2, 0) is 20.5 Å². The average molecular weight is 373 g/mol. The molecule has 0 radical (unpaired) electrons. The molecule has 1 aromatic carbocycles. The summed E-state index contributed by atoms with van der Waals surface area (Å²) in [7, 11) is -3.78. The molecule has 1 aliphatic rings. The molecule has 3 rings (SSSR count). The van der Waals surface area contributed by atoms with Crippen molar-refractivity contribution in [2.45, 2.75) is 37.7 Å². The number of ether oxygens (including phenoxy) is 1. The van der Waals surface area contributed by atoms with E-state index in [-0.39, 0.29) is 24.3 Å². The minimum atomic E-state index is -3.78. The summed E-state index contributed by atoms with van der Waals surface area (Å²) >= 11 is 0. The standard InChI is InChI=1S/C15H17F2N3O4S/c1-9-19-15(24-20-9)14-5-4-12(23-14)7-18-25(21,22)8-10-2-3-11(16)6-13(10)17/h2-3,6,12,14,18H,4-5,7-8H2,1H3/t12-,14+/m1/s1. The van der Waals surface area contributed by atoms with Crippen molar-refractivity contribution in [3.8, 4) is 0 Å². The minimum Gasteiger partial charge on any atom is -0.364 e. The van der Waals surface area contributed by atoms with E-state index in [0.717, 1.165) is 12.1 Å². The van der Waals surface area contributed by atoms with Crippen LogP contribution in [0.3, 0.4) is 0 Å². The highest BCUT2D eigenvalue weighted by Crippen LogP contribution is 2.31. The van der Waals surface area contributed by atoms with Gasteiger partial charge in [-0.1, -0.05) is 11.2 Å². The van der Waals surface area contributed by atoms with Crippen molar-refractivity contribution in [3.05, 3.63) is 47.1 Å². The Hall–Kier alpha value is -1.91. The summed E-state index contributed by atoms with van der Waals surface area (Å²) in [5, 5.41) is 3.69. The van der Waals surface area contributed by atoms with Crippen molar-refractivity contribution >= 4 is 10.0 Å². The zero-order chi connectivity index (χ0) is 18.0. The van der Waals surface area contributed by atoms with Gasteiger partial charge in [0.25, 0.3) is 5.89 Å². The van der Waals surface area contributed by atoms with E-state index < -0.39 is 27.4 Å². The number of benzene rings is 1. The van der Waals surface area contributed by atoms with Crippen LogP contribution < -0.4 is 4.72 Å². The van der Waals surface area contributed by atoms with Crippen LogP contribution in [0.15, 0.2) is 22.7 Å². The van der Waals surface area contributed by atoms with Gasteiger partial charge in [-0.2, -0.15) is 4.98 Å². The normalized spacial score (nSPS) is 20.9. The zero-order valence-electron chi connectivity index (χ0n) is 13.4. The lowest BCUT2D eigenvalue weighted by molar-refractivity contribution is 0.0290. The third kappa shape index (κ3) is 4.59. The van der Waals surface area contributed by atoms with Crippen molar-refractivity contribution < 1.29 is 26.5 Å². The second-order valence-electron chi connectivity index (χ2n) is 5.85. The van der Waals surface area contributed by atoms with Crippen LogP contribution >= 0.6 is 0 Å². The van der Waals surface area contributed by atoms with Gasteiger partial charge in [-0.3, -0.25) is 0 Å². The highest BCUT2D eigenvalue weighted by Gasteiger charge is 2.31. The van der Waals surface area contributed by atoms with E-state index >= 15 is 0 Å². The molecule has 25 heavy (non-hydrogen) atoms. The molecule has 0 saturated carbocycles. The van der Waals surface area contributed by atoms with E-state index in [9.17, 15) is 17.2 Å². The lowest BCUT2D eigenvalue weighted by Gasteiger charge is -2.13. The van der Waals surface area contributed by atoms with E-state index in [1.807, 2.05) is 0 Å². The average Bonchev–Trinajstić information content (AvgIpc) is 3.17. The molecule has 7 nitrogen and oxygen atoms in total. The second kappa shape index (κ2) is 7.14. The summed E-state index contributed by atoms with van der Waals surface area (Å²) in [6.07, 6.45) is 0.565. The zero-order valence-corrected chi connectivity index (χ0v) is 14.2. The van der Waals surface area contributed by atoms with Crippen molar-refractivity contribution in [2.75, 3.05) is 6.54 Å². The van der Waals surface area contributed by atoms with Crippen LogP contribution in [0.2, 0.25) is 0 Å². The van der Waals surface area contributed by atoms with Gasteiger partial charge in [0.1, 0.15) is 17.7 Å². The molecule has 0 spiro atoms. The first-order valence-corrected chi connectivity index (χ1v) is 9.34. The number of nitrogens with one attached hydrogen (secondary N) is 1. The maximum atomic E-state index is 13.6. The quantitative estimate of drug-likeness (QED) is 0.832. The first-order chi connectivity index (χ1) is 11.8. The number of sulfonamides is 1. The maximum absolute atomic E-state index is 13.6. The van der Waals surface area contributed by atoms with Crippen LogP contribution in [-0.4, -0.2) is 31.2 Å². The molecule has 1 N–H and O–H groups in total. The number of rotatable bonds is 6. The van der Waals surface area contributed by atoms with E-state index in [0.29, 0.717) is 30.6 Å². The van der Waals surface area contributed by atoms with Gasteiger partial charge >= 0.3 is 0 Å². The molecule has 1 saturated heterocycles. The maximum Gasteiger partial charge on any atom is 0.255 e. The number of aromatic nitrogens is 2. The van der Waals surface area contributed by atoms with Crippen molar-refractivity contribution in [1.29, 1.82) is 0 Å². The predicted molar refractivity (Wildman–Crippen MR) is 82.9 cm³/mol. The van der Waals surface area contributed by atoms with E-state index in [1.54, 1.807) is 6.92 Å². The molecule has 0 unspecified atom stereocenters. The van der Waals surface area contributed by atoms with Gasteiger partial charge in [-0.05, 0) is 25.8 Å². The van der Waals surface area contributed by atoms with E-state index in [1.165, 1.54) is 0 Å². The molecule has 10 heteroatoms. The fraction of sp³-hybridized carbons (Fsp3) is 0.467. The first kappa shape index (κ1) is 17.9. The topological polar surface area (TPSA) is 94.3 Å². The van der Waals surface area contributed by atoms with Gasteiger partial charge in [-0.15, -0.1) is 0 Å². The Morgan fingerprint density at radius 2 is 2.12 bits per heavy atom. The number of nitrogens with zero attached hydrogens (tertiary/aromatic N) is 2.